The molecule has 0 radical (unpaired) electrons. The fourth-order valence-electron chi connectivity index (χ4n) is 1.65. The van der Waals surface area contributed by atoms with Crippen LogP contribution in [0.15, 0.2) is 30.3 Å². The standard InChI is InChI=1S/C14H18O3/c1-10(9-13(15)17-3)11(2)14(16)12-7-5-4-6-8-12/h4-8,10-11H,9H2,1-3H3. The maximum Gasteiger partial charge on any atom is 0.305 e. The third kappa shape index (κ3) is 3.70. The van der Waals surface area contributed by atoms with Crippen LogP contribution in [0.2, 0.25) is 0 Å². The van der Waals surface area contributed by atoms with Crippen LogP contribution >= 0.6 is 0 Å². The quantitative estimate of drug-likeness (QED) is 0.581. The number of rotatable bonds is 5. The van der Waals surface area contributed by atoms with Crippen molar-refractivity contribution in [1.82, 2.24) is 0 Å². The largest absolute Gasteiger partial charge is 0.469 e. The van der Waals surface area contributed by atoms with Crippen molar-refractivity contribution in [3.8, 4) is 0 Å². The van der Waals surface area contributed by atoms with Gasteiger partial charge in [-0.15, -0.1) is 0 Å². The number of ether oxygens (including phenoxy) is 1. The third-order valence-corrected chi connectivity index (χ3v) is 3.04. The Morgan fingerprint density at radius 1 is 1.18 bits per heavy atom. The second kappa shape index (κ2) is 6.18. The van der Waals surface area contributed by atoms with E-state index in [2.05, 4.69) is 4.74 Å². The summed E-state index contributed by atoms with van der Waals surface area (Å²) in [6, 6.07) is 9.14. The van der Waals surface area contributed by atoms with Gasteiger partial charge in [-0.1, -0.05) is 44.2 Å². The summed E-state index contributed by atoms with van der Waals surface area (Å²) in [5.41, 5.74) is 0.691. The Bertz CT molecular complexity index is 384. The molecule has 0 saturated carbocycles. The van der Waals surface area contributed by atoms with Crippen molar-refractivity contribution in [3.63, 3.8) is 0 Å². The molecule has 0 heterocycles. The predicted octanol–water partition coefficient (Wildman–Crippen LogP) is 2.70. The topological polar surface area (TPSA) is 43.4 Å². The van der Waals surface area contributed by atoms with Crippen LogP contribution in [0, 0.1) is 11.8 Å². The number of benzene rings is 1. The van der Waals surface area contributed by atoms with Gasteiger partial charge in [0.05, 0.1) is 7.11 Å². The van der Waals surface area contributed by atoms with Gasteiger partial charge < -0.3 is 4.74 Å². The molecule has 3 nitrogen and oxygen atoms in total. The maximum absolute atomic E-state index is 12.1. The van der Waals surface area contributed by atoms with Crippen molar-refractivity contribution in [1.29, 1.82) is 0 Å². The molecule has 1 aromatic carbocycles. The van der Waals surface area contributed by atoms with Crippen molar-refractivity contribution in [2.24, 2.45) is 11.8 Å². The molecule has 2 unspecified atom stereocenters. The highest BCUT2D eigenvalue weighted by Gasteiger charge is 2.23. The van der Waals surface area contributed by atoms with E-state index in [-0.39, 0.29) is 30.0 Å². The number of methoxy groups -OCH3 is 1. The highest BCUT2D eigenvalue weighted by atomic mass is 16.5. The summed E-state index contributed by atoms with van der Waals surface area (Å²) in [7, 11) is 1.36. The van der Waals surface area contributed by atoms with Gasteiger partial charge in [-0.05, 0) is 5.92 Å². The molecule has 0 spiro atoms. The van der Waals surface area contributed by atoms with E-state index >= 15 is 0 Å². The van der Waals surface area contributed by atoms with Crippen molar-refractivity contribution < 1.29 is 14.3 Å². The van der Waals surface area contributed by atoms with Crippen LogP contribution in [-0.2, 0) is 9.53 Å². The molecule has 17 heavy (non-hydrogen) atoms. The molecule has 0 fully saturated rings. The van der Waals surface area contributed by atoms with Gasteiger partial charge in [0, 0.05) is 17.9 Å². The van der Waals surface area contributed by atoms with Gasteiger partial charge in [0.25, 0.3) is 0 Å². The Kier molecular flexibility index (Phi) is 4.88. The molecule has 0 bridgehead atoms. The molecule has 1 aromatic rings. The van der Waals surface area contributed by atoms with Crippen LogP contribution < -0.4 is 0 Å². The summed E-state index contributed by atoms with van der Waals surface area (Å²) < 4.78 is 4.61. The molecule has 92 valence electrons. The lowest BCUT2D eigenvalue weighted by molar-refractivity contribution is -0.141. The lowest BCUT2D eigenvalue weighted by atomic mass is 9.86. The number of hydrogen-bond acceptors (Lipinski definition) is 3. The minimum atomic E-state index is -0.273. The van der Waals surface area contributed by atoms with Crippen molar-refractivity contribution >= 4 is 11.8 Å². The van der Waals surface area contributed by atoms with Crippen LogP contribution in [-0.4, -0.2) is 18.9 Å². The van der Waals surface area contributed by atoms with Crippen molar-refractivity contribution in [3.05, 3.63) is 35.9 Å². The summed E-state index contributed by atoms with van der Waals surface area (Å²) >= 11 is 0. The van der Waals surface area contributed by atoms with Gasteiger partial charge in [-0.2, -0.15) is 0 Å². The zero-order valence-electron chi connectivity index (χ0n) is 10.5. The van der Waals surface area contributed by atoms with Crippen LogP contribution in [0.5, 0.6) is 0 Å². The Labute approximate surface area is 102 Å². The third-order valence-electron chi connectivity index (χ3n) is 3.04. The fourth-order valence-corrected chi connectivity index (χ4v) is 1.65. The average molecular weight is 234 g/mol. The van der Waals surface area contributed by atoms with Gasteiger partial charge in [-0.25, -0.2) is 0 Å². The first-order chi connectivity index (χ1) is 8.06. The molecule has 0 aliphatic heterocycles. The summed E-state index contributed by atoms with van der Waals surface area (Å²) in [5.74, 6) is -0.404. The van der Waals surface area contributed by atoms with E-state index in [1.165, 1.54) is 7.11 Å². The van der Waals surface area contributed by atoms with E-state index in [4.69, 9.17) is 0 Å². The summed E-state index contributed by atoms with van der Waals surface area (Å²) in [5, 5.41) is 0. The van der Waals surface area contributed by atoms with E-state index in [0.717, 1.165) is 0 Å². The number of carbonyl (C=O) groups is 2. The lowest BCUT2D eigenvalue weighted by Gasteiger charge is -2.17. The molecular formula is C14H18O3. The normalized spacial score (nSPS) is 13.8. The first-order valence-electron chi connectivity index (χ1n) is 5.72. The highest BCUT2D eigenvalue weighted by Crippen LogP contribution is 2.20. The first kappa shape index (κ1) is 13.4. The SMILES string of the molecule is COC(=O)CC(C)C(C)C(=O)c1ccccc1. The Hall–Kier alpha value is -1.64. The number of carbonyl (C=O) groups excluding carboxylic acids is 2. The van der Waals surface area contributed by atoms with E-state index in [9.17, 15) is 9.59 Å². The Morgan fingerprint density at radius 3 is 2.29 bits per heavy atom. The molecule has 0 amide bonds. The van der Waals surface area contributed by atoms with Gasteiger partial charge in [0.1, 0.15) is 0 Å². The Morgan fingerprint density at radius 2 is 1.76 bits per heavy atom. The van der Waals surface area contributed by atoms with Gasteiger partial charge >= 0.3 is 5.97 Å². The van der Waals surface area contributed by atoms with E-state index < -0.39 is 0 Å². The number of Topliss-reactive ketones (excluding diaryl/α,β-unsaturated/α-hetero) is 1. The second-order valence-corrected chi connectivity index (χ2v) is 4.28. The van der Waals surface area contributed by atoms with Crippen LogP contribution in [0.25, 0.3) is 0 Å². The second-order valence-electron chi connectivity index (χ2n) is 4.28. The predicted molar refractivity (Wildman–Crippen MR) is 65.7 cm³/mol. The van der Waals surface area contributed by atoms with E-state index in [1.54, 1.807) is 12.1 Å². The molecule has 0 aliphatic carbocycles. The average Bonchev–Trinajstić information content (AvgIpc) is 2.37. The minimum Gasteiger partial charge on any atom is -0.469 e. The first-order valence-corrected chi connectivity index (χ1v) is 5.72. The number of hydrogen-bond donors (Lipinski definition) is 0. The van der Waals surface area contributed by atoms with Crippen molar-refractivity contribution in [2.45, 2.75) is 20.3 Å². The molecule has 0 aromatic heterocycles. The maximum atomic E-state index is 12.1. The zero-order valence-corrected chi connectivity index (χ0v) is 10.5. The van der Waals surface area contributed by atoms with Gasteiger partial charge in [0.2, 0.25) is 0 Å². The Balaban J connectivity index is 2.67. The summed E-state index contributed by atoms with van der Waals surface area (Å²) in [4.78, 5) is 23.3. The fraction of sp³-hybridized carbons (Fsp3) is 0.429. The molecular weight excluding hydrogens is 216 g/mol. The van der Waals surface area contributed by atoms with Crippen LogP contribution in [0.4, 0.5) is 0 Å². The molecule has 2 atom stereocenters. The monoisotopic (exact) mass is 234 g/mol. The van der Waals surface area contributed by atoms with E-state index in [1.807, 2.05) is 32.0 Å². The lowest BCUT2D eigenvalue weighted by Crippen LogP contribution is -2.22. The zero-order chi connectivity index (χ0) is 12.8. The van der Waals surface area contributed by atoms with Crippen LogP contribution in [0.1, 0.15) is 30.6 Å². The summed E-state index contributed by atoms with van der Waals surface area (Å²) in [6.07, 6.45) is 0.274. The van der Waals surface area contributed by atoms with Crippen molar-refractivity contribution in [2.75, 3.05) is 7.11 Å². The molecule has 0 aliphatic rings. The molecule has 1 rings (SSSR count). The summed E-state index contributed by atoms with van der Waals surface area (Å²) in [6.45, 7) is 3.74. The van der Waals surface area contributed by atoms with Gasteiger partial charge in [0.15, 0.2) is 5.78 Å². The van der Waals surface area contributed by atoms with Crippen LogP contribution in [0.3, 0.4) is 0 Å². The molecule has 0 saturated heterocycles. The molecule has 3 heteroatoms. The number of ketones is 1. The van der Waals surface area contributed by atoms with E-state index in [0.29, 0.717) is 5.56 Å². The highest BCUT2D eigenvalue weighted by molar-refractivity contribution is 5.97. The van der Waals surface area contributed by atoms with Gasteiger partial charge in [-0.3, -0.25) is 9.59 Å². The smallest absolute Gasteiger partial charge is 0.305 e. The number of esters is 1. The minimum absolute atomic E-state index is 0.0184. The molecule has 0 N–H and O–H groups in total.